The third kappa shape index (κ3) is 2.72. The first-order chi connectivity index (χ1) is 11.4. The van der Waals surface area contributed by atoms with Gasteiger partial charge in [0.05, 0.1) is 11.4 Å². The van der Waals surface area contributed by atoms with Crippen molar-refractivity contribution in [2.24, 2.45) is 0 Å². The Hall–Kier alpha value is -2.62. The Bertz CT molecular complexity index is 732. The lowest BCUT2D eigenvalue weighted by atomic mass is 9.97. The van der Waals surface area contributed by atoms with Crippen LogP contribution in [0.25, 0.3) is 22.8 Å². The largest absolute Gasteiger partial charge is 0.255 e. The van der Waals surface area contributed by atoms with Gasteiger partial charge in [-0.15, -0.1) is 10.2 Å². The average molecular weight is 302 g/mol. The summed E-state index contributed by atoms with van der Waals surface area (Å²) in [6, 6.07) is 11.9. The van der Waals surface area contributed by atoms with E-state index in [4.69, 9.17) is 0 Å². The molecule has 1 aliphatic rings. The number of rotatable bonds is 2. The molecule has 114 valence electrons. The van der Waals surface area contributed by atoms with E-state index >= 15 is 0 Å². The standard InChI is InChI=1S/C19H18N4/c1-2-8-14-15(9-3-1)19(17-11-5-7-13-21-17)23-22-18(14)16-10-4-6-12-20-16/h4-7,10-13H,1-3,8-9H2. The van der Waals surface area contributed by atoms with E-state index in [1.165, 1.54) is 30.4 Å². The molecule has 3 aromatic rings. The minimum atomic E-state index is 0.908. The van der Waals surface area contributed by atoms with Crippen molar-refractivity contribution >= 4 is 0 Å². The van der Waals surface area contributed by atoms with Crippen molar-refractivity contribution in [1.82, 2.24) is 20.2 Å². The van der Waals surface area contributed by atoms with Gasteiger partial charge in [-0.3, -0.25) is 9.97 Å². The van der Waals surface area contributed by atoms with Gasteiger partial charge in [0, 0.05) is 12.4 Å². The summed E-state index contributed by atoms with van der Waals surface area (Å²) in [5.41, 5.74) is 6.29. The lowest BCUT2D eigenvalue weighted by Crippen LogP contribution is -2.06. The zero-order valence-corrected chi connectivity index (χ0v) is 12.9. The third-order valence-corrected chi connectivity index (χ3v) is 4.35. The maximum atomic E-state index is 4.53. The van der Waals surface area contributed by atoms with Crippen LogP contribution in [0.5, 0.6) is 0 Å². The molecule has 0 spiro atoms. The Balaban J connectivity index is 1.91. The van der Waals surface area contributed by atoms with Gasteiger partial charge in [-0.05, 0) is 61.1 Å². The summed E-state index contributed by atoms with van der Waals surface area (Å²) in [7, 11) is 0. The first-order valence-corrected chi connectivity index (χ1v) is 8.15. The lowest BCUT2D eigenvalue weighted by Gasteiger charge is -2.14. The molecule has 0 unspecified atom stereocenters. The summed E-state index contributed by atoms with van der Waals surface area (Å²) in [6.45, 7) is 0. The van der Waals surface area contributed by atoms with Crippen LogP contribution in [0.4, 0.5) is 0 Å². The van der Waals surface area contributed by atoms with Gasteiger partial charge in [0.25, 0.3) is 0 Å². The van der Waals surface area contributed by atoms with E-state index in [0.29, 0.717) is 0 Å². The molecule has 1 aliphatic carbocycles. The average Bonchev–Trinajstić information content (AvgIpc) is 2.88. The Morgan fingerprint density at radius 1 is 0.609 bits per heavy atom. The molecule has 0 atom stereocenters. The Labute approximate surface area is 135 Å². The van der Waals surface area contributed by atoms with E-state index in [2.05, 4.69) is 20.2 Å². The molecule has 0 saturated carbocycles. The van der Waals surface area contributed by atoms with Crippen molar-refractivity contribution in [3.63, 3.8) is 0 Å². The summed E-state index contributed by atoms with van der Waals surface area (Å²) in [5, 5.41) is 9.06. The highest BCUT2D eigenvalue weighted by Gasteiger charge is 2.21. The SMILES string of the molecule is c1ccc(-c2nnc(-c3ccccn3)c3c2CCCCC3)nc1. The number of aromatic nitrogens is 4. The molecule has 4 rings (SSSR count). The van der Waals surface area contributed by atoms with Crippen LogP contribution < -0.4 is 0 Å². The van der Waals surface area contributed by atoms with Crippen LogP contribution in [0.2, 0.25) is 0 Å². The van der Waals surface area contributed by atoms with Crippen molar-refractivity contribution < 1.29 is 0 Å². The molecule has 0 radical (unpaired) electrons. The molecule has 0 N–H and O–H groups in total. The summed E-state index contributed by atoms with van der Waals surface area (Å²) in [5.74, 6) is 0. The minimum absolute atomic E-state index is 0.908. The van der Waals surface area contributed by atoms with Crippen molar-refractivity contribution in [3.05, 3.63) is 59.9 Å². The topological polar surface area (TPSA) is 51.6 Å². The van der Waals surface area contributed by atoms with Gasteiger partial charge in [-0.2, -0.15) is 0 Å². The number of hydrogen-bond acceptors (Lipinski definition) is 4. The summed E-state index contributed by atoms with van der Waals surface area (Å²) in [6.07, 6.45) is 9.34. The predicted molar refractivity (Wildman–Crippen MR) is 89.8 cm³/mol. The Kier molecular flexibility index (Phi) is 3.80. The van der Waals surface area contributed by atoms with Crippen molar-refractivity contribution in [3.8, 4) is 22.8 Å². The van der Waals surface area contributed by atoms with Crippen LogP contribution in [0, 0.1) is 0 Å². The molecule has 4 nitrogen and oxygen atoms in total. The lowest BCUT2D eigenvalue weighted by molar-refractivity contribution is 0.712. The van der Waals surface area contributed by atoms with Gasteiger partial charge in [-0.25, -0.2) is 0 Å². The van der Waals surface area contributed by atoms with E-state index in [1.807, 2.05) is 48.8 Å². The highest BCUT2D eigenvalue weighted by atomic mass is 15.1. The molecule has 4 heteroatoms. The van der Waals surface area contributed by atoms with E-state index in [0.717, 1.165) is 35.6 Å². The monoisotopic (exact) mass is 302 g/mol. The first kappa shape index (κ1) is 14.0. The zero-order valence-electron chi connectivity index (χ0n) is 12.9. The molecular weight excluding hydrogens is 284 g/mol. The van der Waals surface area contributed by atoms with Gasteiger partial charge in [0.1, 0.15) is 11.4 Å². The van der Waals surface area contributed by atoms with E-state index in [9.17, 15) is 0 Å². The van der Waals surface area contributed by atoms with E-state index in [1.54, 1.807) is 0 Å². The molecule has 0 aromatic carbocycles. The summed E-state index contributed by atoms with van der Waals surface area (Å²) < 4.78 is 0. The van der Waals surface area contributed by atoms with Crippen LogP contribution in [0.3, 0.4) is 0 Å². The van der Waals surface area contributed by atoms with Crippen molar-refractivity contribution in [2.45, 2.75) is 32.1 Å². The molecule has 3 aromatic heterocycles. The fourth-order valence-electron chi connectivity index (χ4n) is 3.24. The molecule has 0 fully saturated rings. The second-order valence-corrected chi connectivity index (χ2v) is 5.84. The number of fused-ring (bicyclic) bond motifs is 1. The number of pyridine rings is 2. The van der Waals surface area contributed by atoms with E-state index in [-0.39, 0.29) is 0 Å². The Morgan fingerprint density at radius 2 is 1.13 bits per heavy atom. The van der Waals surface area contributed by atoms with Crippen LogP contribution in [0.1, 0.15) is 30.4 Å². The molecule has 3 heterocycles. The number of hydrogen-bond donors (Lipinski definition) is 0. The smallest absolute Gasteiger partial charge is 0.115 e. The molecule has 0 amide bonds. The highest BCUT2D eigenvalue weighted by molar-refractivity contribution is 5.68. The van der Waals surface area contributed by atoms with Crippen molar-refractivity contribution in [1.29, 1.82) is 0 Å². The maximum Gasteiger partial charge on any atom is 0.115 e. The van der Waals surface area contributed by atoms with Gasteiger partial charge >= 0.3 is 0 Å². The van der Waals surface area contributed by atoms with Crippen LogP contribution in [-0.2, 0) is 12.8 Å². The fraction of sp³-hybridized carbons (Fsp3) is 0.263. The van der Waals surface area contributed by atoms with Gasteiger partial charge in [0.15, 0.2) is 0 Å². The first-order valence-electron chi connectivity index (χ1n) is 8.15. The number of nitrogens with zero attached hydrogens (tertiary/aromatic N) is 4. The third-order valence-electron chi connectivity index (χ3n) is 4.35. The Morgan fingerprint density at radius 3 is 1.57 bits per heavy atom. The second-order valence-electron chi connectivity index (χ2n) is 5.84. The predicted octanol–water partition coefficient (Wildman–Crippen LogP) is 3.87. The van der Waals surface area contributed by atoms with Gasteiger partial charge < -0.3 is 0 Å². The van der Waals surface area contributed by atoms with Gasteiger partial charge in [-0.1, -0.05) is 18.6 Å². The zero-order chi connectivity index (χ0) is 15.5. The quantitative estimate of drug-likeness (QED) is 0.674. The van der Waals surface area contributed by atoms with Crippen LogP contribution >= 0.6 is 0 Å². The summed E-state index contributed by atoms with van der Waals surface area (Å²) in [4.78, 5) is 8.94. The highest BCUT2D eigenvalue weighted by Crippen LogP contribution is 2.32. The molecule has 0 saturated heterocycles. The minimum Gasteiger partial charge on any atom is -0.255 e. The fourth-order valence-corrected chi connectivity index (χ4v) is 3.24. The normalized spacial score (nSPS) is 14.1. The van der Waals surface area contributed by atoms with Gasteiger partial charge in [0.2, 0.25) is 0 Å². The maximum absolute atomic E-state index is 4.53. The van der Waals surface area contributed by atoms with Crippen LogP contribution in [-0.4, -0.2) is 20.2 Å². The molecule has 0 aliphatic heterocycles. The van der Waals surface area contributed by atoms with E-state index < -0.39 is 0 Å². The second kappa shape index (κ2) is 6.24. The van der Waals surface area contributed by atoms with Crippen molar-refractivity contribution in [2.75, 3.05) is 0 Å². The molecular formula is C19H18N4. The van der Waals surface area contributed by atoms with Crippen LogP contribution in [0.15, 0.2) is 48.8 Å². The molecule has 0 bridgehead atoms. The summed E-state index contributed by atoms with van der Waals surface area (Å²) >= 11 is 0. The molecule has 23 heavy (non-hydrogen) atoms.